The number of fused-ring (bicyclic) bond motifs is 1. The van der Waals surface area contributed by atoms with Gasteiger partial charge in [0.1, 0.15) is 11.9 Å². The number of nitrogens with zero attached hydrogens (tertiary/aromatic N) is 6. The molecule has 1 atom stereocenters. The Bertz CT molecular complexity index is 1680. The van der Waals surface area contributed by atoms with Crippen molar-refractivity contribution in [3.63, 3.8) is 0 Å². The van der Waals surface area contributed by atoms with E-state index in [2.05, 4.69) is 17.1 Å². The number of methoxy groups -OCH3 is 1. The molecule has 0 fully saturated rings. The standard InChI is InChI=1S/C29H22ClFN6O2/c1-16(2)36-26-24(35-27(36)20-13-18(11-12-32)15-34-28(20)39-3)29(38)37(22-6-4-5-21(30)23(22)31)25(26)19-9-7-17(14-33)8-10-19/h4-10,13,15-16,25H,11H2,1-3H3. The fourth-order valence-electron chi connectivity index (χ4n) is 4.91. The number of ether oxygens (including phenoxy) is 1. The van der Waals surface area contributed by atoms with Gasteiger partial charge in [-0.1, -0.05) is 29.8 Å². The lowest BCUT2D eigenvalue weighted by molar-refractivity contribution is 0.0988. The molecule has 2 aromatic heterocycles. The number of anilines is 1. The molecule has 39 heavy (non-hydrogen) atoms. The van der Waals surface area contributed by atoms with E-state index in [0.717, 1.165) is 0 Å². The van der Waals surface area contributed by atoms with E-state index >= 15 is 4.39 Å². The second-order valence-electron chi connectivity index (χ2n) is 9.25. The molecule has 1 unspecified atom stereocenters. The molecule has 8 nitrogen and oxygen atoms in total. The van der Waals surface area contributed by atoms with Crippen LogP contribution >= 0.6 is 11.6 Å². The van der Waals surface area contributed by atoms with Crippen molar-refractivity contribution in [1.29, 1.82) is 10.5 Å². The van der Waals surface area contributed by atoms with Crippen molar-refractivity contribution in [3.05, 3.63) is 93.6 Å². The van der Waals surface area contributed by atoms with Gasteiger partial charge in [0.25, 0.3) is 5.91 Å². The summed E-state index contributed by atoms with van der Waals surface area (Å²) in [6.07, 6.45) is 1.71. The highest BCUT2D eigenvalue weighted by atomic mass is 35.5. The molecule has 0 saturated carbocycles. The summed E-state index contributed by atoms with van der Waals surface area (Å²) in [5.74, 6) is -0.483. The maximum absolute atomic E-state index is 15.3. The maximum Gasteiger partial charge on any atom is 0.279 e. The van der Waals surface area contributed by atoms with Crippen LogP contribution in [0.1, 0.15) is 58.8 Å². The summed E-state index contributed by atoms with van der Waals surface area (Å²) >= 11 is 6.11. The molecule has 0 aliphatic carbocycles. The largest absolute Gasteiger partial charge is 0.480 e. The number of amides is 1. The first-order valence-corrected chi connectivity index (χ1v) is 12.5. The third-order valence-electron chi connectivity index (χ3n) is 6.57. The highest BCUT2D eigenvalue weighted by Gasteiger charge is 2.46. The normalized spacial score (nSPS) is 14.3. The van der Waals surface area contributed by atoms with Crippen molar-refractivity contribution in [2.24, 2.45) is 0 Å². The van der Waals surface area contributed by atoms with Gasteiger partial charge in [0.05, 0.1) is 53.2 Å². The molecule has 4 aromatic rings. The number of hydrogen-bond donors (Lipinski definition) is 0. The van der Waals surface area contributed by atoms with E-state index < -0.39 is 17.8 Å². The van der Waals surface area contributed by atoms with Gasteiger partial charge in [0.2, 0.25) is 5.88 Å². The molecule has 194 valence electrons. The minimum Gasteiger partial charge on any atom is -0.480 e. The third-order valence-corrected chi connectivity index (χ3v) is 6.87. The van der Waals surface area contributed by atoms with E-state index in [1.807, 2.05) is 18.4 Å². The minimum atomic E-state index is -0.766. The number of carbonyl (C=O) groups is 1. The predicted octanol–water partition coefficient (Wildman–Crippen LogP) is 6.01. The Morgan fingerprint density at radius 3 is 2.56 bits per heavy atom. The molecule has 3 heterocycles. The Kier molecular flexibility index (Phi) is 6.78. The van der Waals surface area contributed by atoms with E-state index in [9.17, 15) is 15.3 Å². The number of nitriles is 2. The van der Waals surface area contributed by atoms with Gasteiger partial charge in [-0.15, -0.1) is 0 Å². The first-order chi connectivity index (χ1) is 18.8. The molecule has 10 heteroatoms. The lowest BCUT2D eigenvalue weighted by atomic mass is 10.0. The van der Waals surface area contributed by atoms with E-state index in [1.165, 1.54) is 24.1 Å². The van der Waals surface area contributed by atoms with Crippen molar-refractivity contribution in [2.45, 2.75) is 32.4 Å². The number of aromatic nitrogens is 3. The first kappa shape index (κ1) is 25.9. The van der Waals surface area contributed by atoms with Crippen molar-refractivity contribution in [3.8, 4) is 29.4 Å². The van der Waals surface area contributed by atoms with Crippen LogP contribution in [0.2, 0.25) is 5.02 Å². The first-order valence-electron chi connectivity index (χ1n) is 12.1. The molecule has 1 aliphatic rings. The second kappa shape index (κ2) is 10.2. The van der Waals surface area contributed by atoms with E-state index in [0.29, 0.717) is 39.7 Å². The summed E-state index contributed by atoms with van der Waals surface area (Å²) in [6.45, 7) is 3.90. The van der Waals surface area contributed by atoms with Crippen LogP contribution < -0.4 is 9.64 Å². The van der Waals surface area contributed by atoms with Crippen molar-refractivity contribution in [2.75, 3.05) is 12.0 Å². The van der Waals surface area contributed by atoms with Crippen LogP contribution in [0.5, 0.6) is 5.88 Å². The number of benzene rings is 2. The Hall–Kier alpha value is -4.73. The average Bonchev–Trinajstić information content (AvgIpc) is 3.45. The number of pyridine rings is 1. The predicted molar refractivity (Wildman–Crippen MR) is 143 cm³/mol. The van der Waals surface area contributed by atoms with Gasteiger partial charge in [-0.05, 0) is 55.3 Å². The molecule has 0 N–H and O–H groups in total. The number of halogens is 2. The lowest BCUT2D eigenvalue weighted by Gasteiger charge is -2.29. The van der Waals surface area contributed by atoms with Crippen LogP contribution in [0.4, 0.5) is 10.1 Å². The maximum atomic E-state index is 15.3. The van der Waals surface area contributed by atoms with Crippen molar-refractivity contribution >= 4 is 23.2 Å². The van der Waals surface area contributed by atoms with Gasteiger partial charge in [0, 0.05) is 12.2 Å². The van der Waals surface area contributed by atoms with Crippen LogP contribution in [0, 0.1) is 28.5 Å². The monoisotopic (exact) mass is 540 g/mol. The van der Waals surface area contributed by atoms with Crippen LogP contribution in [0.3, 0.4) is 0 Å². The molecule has 0 radical (unpaired) electrons. The summed E-state index contributed by atoms with van der Waals surface area (Å²) in [5.41, 5.74) is 3.04. The van der Waals surface area contributed by atoms with Gasteiger partial charge >= 0.3 is 0 Å². The highest BCUT2D eigenvalue weighted by molar-refractivity contribution is 6.31. The second-order valence-corrected chi connectivity index (χ2v) is 9.66. The zero-order chi connectivity index (χ0) is 27.8. The van der Waals surface area contributed by atoms with Gasteiger partial charge in [-0.3, -0.25) is 9.69 Å². The molecule has 1 amide bonds. The summed E-state index contributed by atoms with van der Waals surface area (Å²) in [6, 6.07) is 16.3. The Balaban J connectivity index is 1.80. The van der Waals surface area contributed by atoms with Crippen LogP contribution in [-0.4, -0.2) is 27.6 Å². The van der Waals surface area contributed by atoms with E-state index in [4.69, 9.17) is 21.3 Å². The smallest absolute Gasteiger partial charge is 0.279 e. The van der Waals surface area contributed by atoms with Gasteiger partial charge in [-0.2, -0.15) is 10.5 Å². The lowest BCUT2D eigenvalue weighted by Crippen LogP contribution is -2.31. The number of rotatable bonds is 6. The minimum absolute atomic E-state index is 0.0204. The van der Waals surface area contributed by atoms with Crippen molar-refractivity contribution < 1.29 is 13.9 Å². The fraction of sp³-hybridized carbons (Fsp3) is 0.207. The van der Waals surface area contributed by atoms with Gasteiger partial charge in [-0.25, -0.2) is 14.4 Å². The molecule has 2 aromatic carbocycles. The number of imidazole rings is 1. The quantitative estimate of drug-likeness (QED) is 0.296. The molecule has 0 bridgehead atoms. The molecule has 0 spiro atoms. The SMILES string of the molecule is COc1ncc(CC#N)cc1-c1nc2c(n1C(C)C)C(c1ccc(C#N)cc1)N(c1cccc(Cl)c1F)C2=O. The van der Waals surface area contributed by atoms with Crippen LogP contribution in [0.15, 0.2) is 54.7 Å². The van der Waals surface area contributed by atoms with E-state index in [-0.39, 0.29) is 28.9 Å². The summed E-state index contributed by atoms with van der Waals surface area (Å²) in [7, 11) is 1.49. The molecular weight excluding hydrogens is 519 g/mol. The fourth-order valence-corrected chi connectivity index (χ4v) is 5.08. The average molecular weight is 541 g/mol. The molecule has 0 saturated heterocycles. The molecule has 5 rings (SSSR count). The van der Waals surface area contributed by atoms with E-state index in [1.54, 1.807) is 42.6 Å². The Labute approximate surface area is 229 Å². The Morgan fingerprint density at radius 1 is 1.18 bits per heavy atom. The van der Waals surface area contributed by atoms with Crippen LogP contribution in [0.25, 0.3) is 11.4 Å². The summed E-state index contributed by atoms with van der Waals surface area (Å²) in [5, 5.41) is 18.4. The summed E-state index contributed by atoms with van der Waals surface area (Å²) < 4.78 is 22.8. The number of hydrogen-bond acceptors (Lipinski definition) is 6. The zero-order valence-corrected chi connectivity index (χ0v) is 22.1. The molecule has 1 aliphatic heterocycles. The Morgan fingerprint density at radius 2 is 1.92 bits per heavy atom. The van der Waals surface area contributed by atoms with Gasteiger partial charge < -0.3 is 9.30 Å². The number of carbonyl (C=O) groups excluding carboxylic acids is 1. The van der Waals surface area contributed by atoms with Crippen molar-refractivity contribution in [1.82, 2.24) is 14.5 Å². The highest BCUT2D eigenvalue weighted by Crippen LogP contribution is 2.46. The summed E-state index contributed by atoms with van der Waals surface area (Å²) in [4.78, 5) is 24.5. The third kappa shape index (κ3) is 4.27. The van der Waals surface area contributed by atoms with Crippen LogP contribution in [-0.2, 0) is 6.42 Å². The topological polar surface area (TPSA) is 108 Å². The van der Waals surface area contributed by atoms with Gasteiger partial charge in [0.15, 0.2) is 11.5 Å². The zero-order valence-electron chi connectivity index (χ0n) is 21.3. The molecular formula is C29H22ClFN6O2.